The standard InChI is InChI=1S/C10H21NO2/c1-11(2)8-4-3-5-9-6-7-10(12)13-9/h9-10,12H,3-8H2,1-2H3/t9?,10-/m1/s1. The molecule has 1 rings (SSSR count). The van der Waals surface area contributed by atoms with Gasteiger partial charge in [-0.1, -0.05) is 0 Å². The van der Waals surface area contributed by atoms with Gasteiger partial charge in [-0.15, -0.1) is 0 Å². The van der Waals surface area contributed by atoms with Crippen LogP contribution in [0.15, 0.2) is 0 Å². The summed E-state index contributed by atoms with van der Waals surface area (Å²) >= 11 is 0. The van der Waals surface area contributed by atoms with Crippen molar-refractivity contribution < 1.29 is 9.84 Å². The Balaban J connectivity index is 1.94. The molecular formula is C10H21NO2. The monoisotopic (exact) mass is 187 g/mol. The molecule has 0 bridgehead atoms. The van der Waals surface area contributed by atoms with Gasteiger partial charge in [0.05, 0.1) is 6.10 Å². The van der Waals surface area contributed by atoms with Crippen LogP contribution in [0.5, 0.6) is 0 Å². The lowest BCUT2D eigenvalue weighted by Crippen LogP contribution is -2.14. The van der Waals surface area contributed by atoms with Crippen molar-refractivity contribution in [3.05, 3.63) is 0 Å². The van der Waals surface area contributed by atoms with Crippen LogP contribution in [0.2, 0.25) is 0 Å². The summed E-state index contributed by atoms with van der Waals surface area (Å²) in [7, 11) is 4.19. The summed E-state index contributed by atoms with van der Waals surface area (Å²) in [5.41, 5.74) is 0. The molecule has 2 atom stereocenters. The van der Waals surface area contributed by atoms with E-state index in [0.717, 1.165) is 25.8 Å². The van der Waals surface area contributed by atoms with Crippen molar-refractivity contribution in [3.8, 4) is 0 Å². The van der Waals surface area contributed by atoms with Gasteiger partial charge in [-0.2, -0.15) is 0 Å². The fourth-order valence-electron chi connectivity index (χ4n) is 1.70. The predicted molar refractivity (Wildman–Crippen MR) is 52.5 cm³/mol. The van der Waals surface area contributed by atoms with Crippen LogP contribution in [0.3, 0.4) is 0 Å². The molecule has 3 heteroatoms. The van der Waals surface area contributed by atoms with Gasteiger partial charge in [0.2, 0.25) is 0 Å². The van der Waals surface area contributed by atoms with Crippen molar-refractivity contribution in [3.63, 3.8) is 0 Å². The molecule has 0 aliphatic carbocycles. The molecule has 3 nitrogen and oxygen atoms in total. The minimum atomic E-state index is -0.487. The highest BCUT2D eigenvalue weighted by atomic mass is 16.6. The largest absolute Gasteiger partial charge is 0.368 e. The first-order valence-corrected chi connectivity index (χ1v) is 5.17. The van der Waals surface area contributed by atoms with Crippen LogP contribution in [-0.4, -0.2) is 43.0 Å². The molecule has 0 saturated carbocycles. The predicted octanol–water partition coefficient (Wildman–Crippen LogP) is 1.22. The molecule has 0 radical (unpaired) electrons. The minimum Gasteiger partial charge on any atom is -0.368 e. The molecule has 1 aliphatic rings. The van der Waals surface area contributed by atoms with Gasteiger partial charge >= 0.3 is 0 Å². The lowest BCUT2D eigenvalue weighted by molar-refractivity contribution is -0.0920. The van der Waals surface area contributed by atoms with Crippen molar-refractivity contribution in [2.45, 2.75) is 44.5 Å². The molecule has 1 aliphatic heterocycles. The van der Waals surface area contributed by atoms with E-state index in [1.165, 1.54) is 12.8 Å². The van der Waals surface area contributed by atoms with Gasteiger partial charge in [0.15, 0.2) is 6.29 Å². The maximum absolute atomic E-state index is 9.11. The topological polar surface area (TPSA) is 32.7 Å². The quantitative estimate of drug-likeness (QED) is 0.657. The Labute approximate surface area is 80.7 Å². The van der Waals surface area contributed by atoms with Gasteiger partial charge in [0, 0.05) is 6.42 Å². The average molecular weight is 187 g/mol. The third-order valence-corrected chi connectivity index (χ3v) is 2.47. The Bertz CT molecular complexity index is 139. The number of nitrogens with zero attached hydrogens (tertiary/aromatic N) is 1. The first-order chi connectivity index (χ1) is 6.18. The summed E-state index contributed by atoms with van der Waals surface area (Å²) in [6.07, 6.45) is 5.21. The fraction of sp³-hybridized carbons (Fsp3) is 1.00. The summed E-state index contributed by atoms with van der Waals surface area (Å²) in [4.78, 5) is 2.20. The molecule has 1 fully saturated rings. The second-order valence-electron chi connectivity index (χ2n) is 4.09. The lowest BCUT2D eigenvalue weighted by Gasteiger charge is -2.12. The third kappa shape index (κ3) is 4.60. The second-order valence-corrected chi connectivity index (χ2v) is 4.09. The Morgan fingerprint density at radius 1 is 1.31 bits per heavy atom. The van der Waals surface area contributed by atoms with Crippen LogP contribution < -0.4 is 0 Å². The van der Waals surface area contributed by atoms with Gasteiger partial charge in [-0.3, -0.25) is 0 Å². The van der Waals surface area contributed by atoms with Gasteiger partial charge in [0.1, 0.15) is 0 Å². The van der Waals surface area contributed by atoms with Gasteiger partial charge in [-0.05, 0) is 46.3 Å². The van der Waals surface area contributed by atoms with Crippen LogP contribution in [0.25, 0.3) is 0 Å². The van der Waals surface area contributed by atoms with Crippen LogP contribution >= 0.6 is 0 Å². The molecule has 0 aromatic carbocycles. The number of ether oxygens (including phenoxy) is 1. The number of rotatable bonds is 5. The molecule has 13 heavy (non-hydrogen) atoms. The van der Waals surface area contributed by atoms with Crippen molar-refractivity contribution in [2.24, 2.45) is 0 Å². The zero-order valence-electron chi connectivity index (χ0n) is 8.70. The Kier molecular flexibility index (Phi) is 4.70. The number of aliphatic hydroxyl groups excluding tert-OH is 1. The number of unbranched alkanes of at least 4 members (excludes halogenated alkanes) is 1. The molecule has 78 valence electrons. The number of hydrogen-bond donors (Lipinski definition) is 1. The molecular weight excluding hydrogens is 166 g/mol. The van der Waals surface area contributed by atoms with E-state index in [9.17, 15) is 0 Å². The molecule has 0 spiro atoms. The van der Waals surface area contributed by atoms with Crippen LogP contribution in [0, 0.1) is 0 Å². The van der Waals surface area contributed by atoms with Crippen LogP contribution in [-0.2, 0) is 4.74 Å². The van der Waals surface area contributed by atoms with Gasteiger partial charge in [0.25, 0.3) is 0 Å². The van der Waals surface area contributed by atoms with E-state index in [-0.39, 0.29) is 0 Å². The maximum atomic E-state index is 9.11. The SMILES string of the molecule is CN(C)CCCCC1CC[C@H](O)O1. The summed E-state index contributed by atoms with van der Waals surface area (Å²) < 4.78 is 5.31. The summed E-state index contributed by atoms with van der Waals surface area (Å²) in [6.45, 7) is 1.15. The molecule has 0 amide bonds. The highest BCUT2D eigenvalue weighted by Crippen LogP contribution is 2.21. The van der Waals surface area contributed by atoms with E-state index < -0.39 is 6.29 Å². The summed E-state index contributed by atoms with van der Waals surface area (Å²) in [6, 6.07) is 0. The van der Waals surface area contributed by atoms with E-state index in [1.807, 2.05) is 0 Å². The van der Waals surface area contributed by atoms with Crippen molar-refractivity contribution >= 4 is 0 Å². The molecule has 1 saturated heterocycles. The van der Waals surface area contributed by atoms with E-state index >= 15 is 0 Å². The van der Waals surface area contributed by atoms with Gasteiger partial charge < -0.3 is 14.7 Å². The average Bonchev–Trinajstić information content (AvgIpc) is 2.45. The van der Waals surface area contributed by atoms with Gasteiger partial charge in [-0.25, -0.2) is 0 Å². The van der Waals surface area contributed by atoms with Crippen LogP contribution in [0.1, 0.15) is 32.1 Å². The lowest BCUT2D eigenvalue weighted by atomic mass is 10.1. The molecule has 0 aromatic heterocycles. The van der Waals surface area contributed by atoms with Crippen molar-refractivity contribution in [1.29, 1.82) is 0 Å². The normalized spacial score (nSPS) is 28.6. The Hall–Kier alpha value is -0.120. The van der Waals surface area contributed by atoms with E-state index in [2.05, 4.69) is 19.0 Å². The zero-order chi connectivity index (χ0) is 9.68. The first kappa shape index (κ1) is 11.0. The highest BCUT2D eigenvalue weighted by Gasteiger charge is 2.22. The Morgan fingerprint density at radius 2 is 2.08 bits per heavy atom. The molecule has 0 aromatic rings. The van der Waals surface area contributed by atoms with Crippen molar-refractivity contribution in [2.75, 3.05) is 20.6 Å². The second kappa shape index (κ2) is 5.58. The molecule has 1 heterocycles. The zero-order valence-corrected chi connectivity index (χ0v) is 8.70. The number of hydrogen-bond acceptors (Lipinski definition) is 3. The summed E-state index contributed by atoms with van der Waals surface area (Å²) in [5.74, 6) is 0. The Morgan fingerprint density at radius 3 is 2.62 bits per heavy atom. The summed E-state index contributed by atoms with van der Waals surface area (Å²) in [5, 5.41) is 9.11. The first-order valence-electron chi connectivity index (χ1n) is 5.17. The smallest absolute Gasteiger partial charge is 0.154 e. The van der Waals surface area contributed by atoms with Crippen molar-refractivity contribution in [1.82, 2.24) is 4.90 Å². The maximum Gasteiger partial charge on any atom is 0.154 e. The van der Waals surface area contributed by atoms with E-state index in [0.29, 0.717) is 6.10 Å². The van der Waals surface area contributed by atoms with E-state index in [4.69, 9.17) is 9.84 Å². The molecule has 1 N–H and O–H groups in total. The fourth-order valence-corrected chi connectivity index (χ4v) is 1.70. The van der Waals surface area contributed by atoms with E-state index in [1.54, 1.807) is 0 Å². The number of aliphatic hydroxyl groups is 1. The highest BCUT2D eigenvalue weighted by molar-refractivity contribution is 4.67. The van der Waals surface area contributed by atoms with Crippen LogP contribution in [0.4, 0.5) is 0 Å². The minimum absolute atomic E-state index is 0.317. The third-order valence-electron chi connectivity index (χ3n) is 2.47. The molecule has 1 unspecified atom stereocenters.